The molecule has 1 unspecified atom stereocenters. The molecule has 8 aromatic carbocycles. The fourth-order valence-electron chi connectivity index (χ4n) is 9.70. The second kappa shape index (κ2) is 16.2. The van der Waals surface area contributed by atoms with E-state index in [1.165, 1.54) is 59.3 Å². The molecular weight excluding hydrogens is 769 g/mol. The van der Waals surface area contributed by atoms with Gasteiger partial charge in [0.2, 0.25) is 12.0 Å². The minimum absolute atomic E-state index is 0.168. The van der Waals surface area contributed by atoms with Crippen LogP contribution in [0.2, 0.25) is 0 Å². The zero-order valence-corrected chi connectivity index (χ0v) is 35.3. The van der Waals surface area contributed by atoms with E-state index < -0.39 is 8.07 Å². The molecular formula is C57H45N4Si+. The summed E-state index contributed by atoms with van der Waals surface area (Å²) in [5.41, 5.74) is 9.40. The molecule has 1 aromatic heterocycles. The van der Waals surface area contributed by atoms with Gasteiger partial charge in [0.1, 0.15) is 0 Å². The molecule has 1 aliphatic heterocycles. The van der Waals surface area contributed by atoms with Crippen molar-refractivity contribution in [2.75, 3.05) is 0 Å². The quantitative estimate of drug-likeness (QED) is 0.112. The van der Waals surface area contributed by atoms with Gasteiger partial charge in [0, 0.05) is 27.6 Å². The Morgan fingerprint density at radius 2 is 0.952 bits per heavy atom. The summed E-state index contributed by atoms with van der Waals surface area (Å²) in [7, 11) is -2.60. The monoisotopic (exact) mass is 813 g/mol. The third-order valence-electron chi connectivity index (χ3n) is 12.6. The predicted octanol–water partition coefficient (Wildman–Crippen LogP) is 9.06. The number of quaternary nitrogens is 1. The molecule has 0 radical (unpaired) electrons. The summed E-state index contributed by atoms with van der Waals surface area (Å²) in [4.78, 5) is 10.6. The van der Waals surface area contributed by atoms with Crippen LogP contribution in [0.1, 0.15) is 29.5 Å². The van der Waals surface area contributed by atoms with Gasteiger partial charge in [-0.25, -0.2) is 4.99 Å². The molecule has 1 aliphatic carbocycles. The summed E-state index contributed by atoms with van der Waals surface area (Å²) < 4.78 is 2.35. The third kappa shape index (κ3) is 6.69. The lowest BCUT2D eigenvalue weighted by Crippen LogP contribution is -2.94. The van der Waals surface area contributed by atoms with Crippen LogP contribution < -0.4 is 26.1 Å². The number of amidine groups is 2. The summed E-state index contributed by atoms with van der Waals surface area (Å²) in [5, 5.41) is 10.3. The first-order valence-corrected chi connectivity index (χ1v) is 23.6. The molecule has 0 saturated heterocycles. The second-order valence-corrected chi connectivity index (χ2v) is 20.0. The Bertz CT molecular complexity index is 3020. The number of fused-ring (bicyclic) bond motifs is 3. The number of allylic oxidation sites excluding steroid dienone is 2. The normalized spacial score (nSPS) is 15.5. The number of rotatable bonds is 9. The Hall–Kier alpha value is -7.44. The molecule has 0 fully saturated rings. The Labute approximate surface area is 363 Å². The molecule has 2 N–H and O–H groups in total. The fraction of sp³-hybridized carbons (Fsp3) is 0.0526. The van der Waals surface area contributed by atoms with Crippen LogP contribution >= 0.6 is 0 Å². The molecule has 0 bridgehead atoms. The van der Waals surface area contributed by atoms with Gasteiger partial charge >= 0.3 is 0 Å². The van der Waals surface area contributed by atoms with E-state index >= 15 is 0 Å². The maximum absolute atomic E-state index is 5.38. The van der Waals surface area contributed by atoms with Gasteiger partial charge in [-0.1, -0.05) is 176 Å². The summed E-state index contributed by atoms with van der Waals surface area (Å²) in [6.45, 7) is 0. The van der Waals surface area contributed by atoms with Gasteiger partial charge in [0.25, 0.3) is 0 Å². The highest BCUT2D eigenvalue weighted by molar-refractivity contribution is 7.19. The lowest BCUT2D eigenvalue weighted by Gasteiger charge is -2.34. The topological polar surface area (TPSA) is 46.3 Å². The van der Waals surface area contributed by atoms with Crippen molar-refractivity contribution in [3.05, 3.63) is 253 Å². The summed E-state index contributed by atoms with van der Waals surface area (Å²) in [5.74, 6) is 1.70. The largest absolute Gasteiger partial charge is 0.309 e. The summed E-state index contributed by atoms with van der Waals surface area (Å²) >= 11 is 0. The average Bonchev–Trinajstić information content (AvgIpc) is 3.70. The van der Waals surface area contributed by atoms with E-state index in [4.69, 9.17) is 9.98 Å². The van der Waals surface area contributed by atoms with Crippen molar-refractivity contribution in [1.29, 1.82) is 0 Å². The fourth-order valence-corrected chi connectivity index (χ4v) is 14.4. The van der Waals surface area contributed by atoms with Crippen molar-refractivity contribution in [3.63, 3.8) is 0 Å². The SMILES string of the molecule is C1=C(c2ccc([Si](c3ccccc3)(c3ccccc3)c3ccccc3)cc2)CCC=C1C1N=C(c2ccc(-n3c4ccccc4c4ccccc43)cc2)N=C(c2ccccc2)[NH2+]1. The van der Waals surface area contributed by atoms with Crippen LogP contribution in [0.15, 0.2) is 246 Å². The van der Waals surface area contributed by atoms with Crippen LogP contribution in [-0.2, 0) is 0 Å². The van der Waals surface area contributed by atoms with Gasteiger partial charge in [0.05, 0.1) is 16.6 Å². The number of hydrogen-bond donors (Lipinski definition) is 1. The molecule has 1 atom stereocenters. The van der Waals surface area contributed by atoms with Crippen LogP contribution in [0.25, 0.3) is 33.1 Å². The zero-order valence-electron chi connectivity index (χ0n) is 34.3. The van der Waals surface area contributed by atoms with E-state index in [2.05, 4.69) is 240 Å². The van der Waals surface area contributed by atoms with Crippen LogP contribution in [0.5, 0.6) is 0 Å². The molecule has 0 amide bonds. The molecule has 2 heterocycles. The molecule has 2 aliphatic rings. The smallest absolute Gasteiger partial charge is 0.235 e. The Kier molecular flexibility index (Phi) is 9.81. The van der Waals surface area contributed by atoms with Crippen molar-refractivity contribution in [1.82, 2.24) is 4.57 Å². The number of hydrogen-bond acceptors (Lipinski definition) is 2. The van der Waals surface area contributed by atoms with Gasteiger partial charge in [-0.05, 0) is 99.3 Å². The number of aliphatic imine (C=N–C) groups is 2. The number of nitrogens with two attached hydrogens (primary N) is 1. The number of benzene rings is 8. The molecule has 5 heteroatoms. The standard InChI is InChI=1S/C57H44N4Si/c1-5-18-42(19-6-1)55-58-56(43-32-36-46(37-33-43)61-53-30-15-13-28-51(53)52-29-14-16-31-54(52)61)60-57(59-55)45-21-17-20-44(40-45)41-34-38-50(39-35-41)62(47-22-7-2-8-23-47,48-24-9-3-10-25-48)49-26-11-4-12-27-49/h1-16,18-19,21-40,57H,17,20H2,(H,58,59,60)/p+1. The lowest BCUT2D eigenvalue weighted by molar-refractivity contribution is -0.569. The van der Waals surface area contributed by atoms with Gasteiger partial charge in [-0.15, -0.1) is 0 Å². The Morgan fingerprint density at radius 3 is 1.52 bits per heavy atom. The van der Waals surface area contributed by atoms with E-state index in [1.807, 2.05) is 0 Å². The molecule has 0 spiro atoms. The third-order valence-corrected chi connectivity index (χ3v) is 17.4. The van der Waals surface area contributed by atoms with Crippen molar-refractivity contribution in [2.24, 2.45) is 9.98 Å². The molecule has 11 rings (SSSR count). The first-order chi connectivity index (χ1) is 30.7. The van der Waals surface area contributed by atoms with E-state index in [9.17, 15) is 0 Å². The van der Waals surface area contributed by atoms with Crippen molar-refractivity contribution >= 4 is 67.9 Å². The van der Waals surface area contributed by atoms with Crippen molar-refractivity contribution in [2.45, 2.75) is 19.0 Å². The minimum Gasteiger partial charge on any atom is -0.309 e. The van der Waals surface area contributed by atoms with Crippen LogP contribution in [0, 0.1) is 0 Å². The van der Waals surface area contributed by atoms with Crippen LogP contribution in [0.3, 0.4) is 0 Å². The zero-order chi connectivity index (χ0) is 41.3. The van der Waals surface area contributed by atoms with E-state index in [-0.39, 0.29) is 6.17 Å². The van der Waals surface area contributed by atoms with Gasteiger partial charge in [-0.2, -0.15) is 4.99 Å². The number of aromatic nitrogens is 1. The lowest BCUT2D eigenvalue weighted by atomic mass is 9.92. The predicted molar refractivity (Wildman–Crippen MR) is 261 cm³/mol. The van der Waals surface area contributed by atoms with Crippen LogP contribution in [-0.4, -0.2) is 30.5 Å². The number of nitrogens with zero attached hydrogens (tertiary/aromatic N) is 3. The second-order valence-electron chi connectivity index (χ2n) is 16.2. The average molecular weight is 814 g/mol. The maximum Gasteiger partial charge on any atom is 0.235 e. The molecule has 4 nitrogen and oxygen atoms in total. The van der Waals surface area contributed by atoms with Crippen molar-refractivity contribution in [3.8, 4) is 5.69 Å². The molecule has 296 valence electrons. The van der Waals surface area contributed by atoms with Gasteiger partial charge < -0.3 is 4.57 Å². The molecule has 62 heavy (non-hydrogen) atoms. The maximum atomic E-state index is 5.38. The van der Waals surface area contributed by atoms with E-state index in [0.717, 1.165) is 41.3 Å². The van der Waals surface area contributed by atoms with E-state index in [0.29, 0.717) is 0 Å². The van der Waals surface area contributed by atoms with Crippen molar-refractivity contribution < 1.29 is 5.32 Å². The summed E-state index contributed by atoms with van der Waals surface area (Å²) in [6.07, 6.45) is 6.53. The Balaban J connectivity index is 0.948. The molecule has 9 aromatic rings. The highest BCUT2D eigenvalue weighted by Crippen LogP contribution is 2.32. The van der Waals surface area contributed by atoms with Gasteiger partial charge in [0.15, 0.2) is 13.9 Å². The first kappa shape index (κ1) is 37.5. The highest BCUT2D eigenvalue weighted by Gasteiger charge is 2.41. The highest BCUT2D eigenvalue weighted by atomic mass is 28.3. The van der Waals surface area contributed by atoms with Crippen LogP contribution in [0.4, 0.5) is 0 Å². The Morgan fingerprint density at radius 1 is 0.468 bits per heavy atom. The summed E-state index contributed by atoms with van der Waals surface area (Å²) in [6, 6.07) is 79.5. The number of para-hydroxylation sites is 2. The van der Waals surface area contributed by atoms with Gasteiger partial charge in [-0.3, -0.25) is 5.32 Å². The first-order valence-electron chi connectivity index (χ1n) is 21.6. The minimum atomic E-state index is -2.60. The molecule has 0 saturated carbocycles. The van der Waals surface area contributed by atoms with E-state index in [1.54, 1.807) is 0 Å².